The fourth-order valence-electron chi connectivity index (χ4n) is 2.48. The molecule has 3 aromatic heterocycles. The van der Waals surface area contributed by atoms with Crippen LogP contribution >= 0.6 is 11.6 Å². The largest absolute Gasteiger partial charge is 0.400 e. The molecule has 160 valence electrons. The van der Waals surface area contributed by atoms with E-state index in [1.165, 1.54) is 29.6 Å². The van der Waals surface area contributed by atoms with Crippen molar-refractivity contribution in [3.05, 3.63) is 35.5 Å². The summed E-state index contributed by atoms with van der Waals surface area (Å²) in [5.41, 5.74) is 6.65. The summed E-state index contributed by atoms with van der Waals surface area (Å²) in [6.07, 6.45) is 6.73. The van der Waals surface area contributed by atoms with Gasteiger partial charge in [-0.15, -0.1) is 0 Å². The number of rotatable bonds is 6. The Morgan fingerprint density at radius 3 is 2.45 bits per heavy atom. The molecular weight excluding hydrogens is 397 g/mol. The first-order valence-electron chi connectivity index (χ1n) is 9.48. The number of aliphatic hydroxyl groups excluding tert-OH is 1. The number of fused-ring (bicyclic) bond motifs is 1. The van der Waals surface area contributed by atoms with E-state index in [2.05, 4.69) is 33.9 Å². The molecule has 0 bridgehead atoms. The van der Waals surface area contributed by atoms with Crippen molar-refractivity contribution in [2.45, 2.75) is 33.6 Å². The lowest BCUT2D eigenvalue weighted by Crippen LogP contribution is -2.31. The molecule has 29 heavy (non-hydrogen) atoms. The van der Waals surface area contributed by atoms with Gasteiger partial charge < -0.3 is 15.7 Å². The summed E-state index contributed by atoms with van der Waals surface area (Å²) in [6.45, 7) is 8.03. The maximum atomic E-state index is 14.5. The molecule has 0 radical (unpaired) electrons. The summed E-state index contributed by atoms with van der Waals surface area (Å²) in [4.78, 5) is 14.7. The van der Waals surface area contributed by atoms with E-state index in [1.807, 2.05) is 11.8 Å². The van der Waals surface area contributed by atoms with E-state index in [1.54, 1.807) is 6.20 Å². The van der Waals surface area contributed by atoms with Crippen LogP contribution in [0.5, 0.6) is 0 Å². The molecule has 0 aromatic carbocycles. The average Bonchev–Trinajstić information content (AvgIpc) is 3.14. The van der Waals surface area contributed by atoms with E-state index in [9.17, 15) is 4.39 Å². The standard InChI is InChI=1S/C15H17ClFN7.C3H8.CH4O/c1-2-6-23(7-3-18)13-10(16)8-11(17)14(22-13)24-15-12(9-21-24)19-4-5-20-15;1-3-2;1-2/h4-5,8-9H,2-3,6-7,18H2,1H3;3H2,1-2H3;2H,1H3. The van der Waals surface area contributed by atoms with Gasteiger partial charge in [0.05, 0.1) is 11.2 Å². The third-order valence-electron chi connectivity index (χ3n) is 3.49. The molecular formula is C19H29ClFN7O. The normalized spacial score (nSPS) is 10.1. The highest BCUT2D eigenvalue weighted by Crippen LogP contribution is 2.28. The van der Waals surface area contributed by atoms with E-state index in [4.69, 9.17) is 22.4 Å². The molecule has 0 saturated heterocycles. The molecule has 3 aromatic rings. The van der Waals surface area contributed by atoms with E-state index >= 15 is 0 Å². The molecule has 0 unspecified atom stereocenters. The van der Waals surface area contributed by atoms with Crippen LogP contribution in [-0.4, -0.2) is 56.6 Å². The zero-order valence-electron chi connectivity index (χ0n) is 17.3. The number of pyridine rings is 1. The summed E-state index contributed by atoms with van der Waals surface area (Å²) in [5.74, 6) is -0.0699. The van der Waals surface area contributed by atoms with Gasteiger partial charge in [0.15, 0.2) is 17.3 Å². The van der Waals surface area contributed by atoms with Crippen LogP contribution in [0.4, 0.5) is 10.2 Å². The van der Waals surface area contributed by atoms with Crippen molar-refractivity contribution in [1.82, 2.24) is 24.7 Å². The molecule has 3 rings (SSSR count). The number of halogens is 2. The third-order valence-corrected chi connectivity index (χ3v) is 3.77. The first-order chi connectivity index (χ1) is 14.1. The molecule has 0 atom stereocenters. The number of hydrogen-bond acceptors (Lipinski definition) is 7. The van der Waals surface area contributed by atoms with Gasteiger partial charge in [0.1, 0.15) is 11.3 Å². The fourth-order valence-corrected chi connectivity index (χ4v) is 2.74. The fraction of sp³-hybridized carbons (Fsp3) is 0.474. The lowest BCUT2D eigenvalue weighted by molar-refractivity contribution is 0.399. The van der Waals surface area contributed by atoms with Crippen LogP contribution in [0.1, 0.15) is 33.6 Å². The first kappa shape index (κ1) is 24.7. The Balaban J connectivity index is 0.000000771. The van der Waals surface area contributed by atoms with Crippen LogP contribution in [0.2, 0.25) is 5.02 Å². The minimum Gasteiger partial charge on any atom is -0.400 e. The van der Waals surface area contributed by atoms with Gasteiger partial charge in [-0.3, -0.25) is 0 Å². The number of aromatic nitrogens is 5. The van der Waals surface area contributed by atoms with Crippen molar-refractivity contribution in [2.75, 3.05) is 31.6 Å². The predicted octanol–water partition coefficient (Wildman–Crippen LogP) is 3.20. The van der Waals surface area contributed by atoms with Gasteiger partial charge in [0, 0.05) is 45.2 Å². The van der Waals surface area contributed by atoms with Crippen LogP contribution in [-0.2, 0) is 0 Å². The molecule has 0 aliphatic carbocycles. The Morgan fingerprint density at radius 1 is 1.17 bits per heavy atom. The highest BCUT2D eigenvalue weighted by atomic mass is 35.5. The number of hydrogen-bond donors (Lipinski definition) is 2. The van der Waals surface area contributed by atoms with Crippen molar-refractivity contribution in [1.29, 1.82) is 0 Å². The predicted molar refractivity (Wildman–Crippen MR) is 115 cm³/mol. The molecule has 10 heteroatoms. The molecule has 0 amide bonds. The van der Waals surface area contributed by atoms with E-state index in [-0.39, 0.29) is 10.8 Å². The van der Waals surface area contributed by atoms with Crippen molar-refractivity contribution in [2.24, 2.45) is 5.73 Å². The minimum absolute atomic E-state index is 0.0306. The van der Waals surface area contributed by atoms with Crippen LogP contribution in [0, 0.1) is 5.82 Å². The van der Waals surface area contributed by atoms with Gasteiger partial charge in [-0.05, 0) is 6.42 Å². The van der Waals surface area contributed by atoms with Gasteiger partial charge in [-0.2, -0.15) is 9.78 Å². The minimum atomic E-state index is -0.580. The molecule has 0 aliphatic heterocycles. The number of aliphatic hydroxyl groups is 1. The topological polar surface area (TPSA) is 106 Å². The van der Waals surface area contributed by atoms with Crippen molar-refractivity contribution in [3.8, 4) is 5.82 Å². The van der Waals surface area contributed by atoms with E-state index in [0.29, 0.717) is 36.6 Å². The summed E-state index contributed by atoms with van der Waals surface area (Å²) >= 11 is 6.20. The van der Waals surface area contributed by atoms with Crippen molar-refractivity contribution < 1.29 is 9.50 Å². The SMILES string of the molecule is CCC.CCCN(CCN)c1nc(-n2ncc3nccnc32)c(F)cc1Cl.CO. The van der Waals surface area contributed by atoms with Crippen molar-refractivity contribution in [3.63, 3.8) is 0 Å². The van der Waals surface area contributed by atoms with Gasteiger partial charge in [0.2, 0.25) is 0 Å². The monoisotopic (exact) mass is 425 g/mol. The molecule has 0 aliphatic rings. The Labute approximate surface area is 175 Å². The first-order valence-corrected chi connectivity index (χ1v) is 9.85. The molecule has 0 fully saturated rings. The second kappa shape index (κ2) is 13.0. The summed E-state index contributed by atoms with van der Waals surface area (Å²) in [6, 6.07) is 1.24. The lowest BCUT2D eigenvalue weighted by Gasteiger charge is -2.24. The summed E-state index contributed by atoms with van der Waals surface area (Å²) in [5, 5.41) is 11.4. The average molecular weight is 426 g/mol. The summed E-state index contributed by atoms with van der Waals surface area (Å²) < 4.78 is 15.8. The maximum Gasteiger partial charge on any atom is 0.194 e. The van der Waals surface area contributed by atoms with Gasteiger partial charge >= 0.3 is 0 Å². The molecule has 0 saturated carbocycles. The van der Waals surface area contributed by atoms with Gasteiger partial charge in [-0.25, -0.2) is 19.3 Å². The second-order valence-electron chi connectivity index (χ2n) is 5.90. The Bertz CT molecular complexity index is 869. The molecule has 8 nitrogen and oxygen atoms in total. The zero-order chi connectivity index (χ0) is 21.8. The van der Waals surface area contributed by atoms with Crippen LogP contribution < -0.4 is 10.6 Å². The van der Waals surface area contributed by atoms with Crippen LogP contribution in [0.25, 0.3) is 17.0 Å². The smallest absolute Gasteiger partial charge is 0.194 e. The highest BCUT2D eigenvalue weighted by Gasteiger charge is 2.19. The lowest BCUT2D eigenvalue weighted by atomic mass is 10.3. The Morgan fingerprint density at radius 2 is 1.83 bits per heavy atom. The van der Waals surface area contributed by atoms with Crippen molar-refractivity contribution >= 4 is 28.6 Å². The molecule has 0 spiro atoms. The Hall–Kier alpha value is -2.36. The second-order valence-corrected chi connectivity index (χ2v) is 6.31. The highest BCUT2D eigenvalue weighted by molar-refractivity contribution is 6.33. The van der Waals surface area contributed by atoms with Crippen LogP contribution in [0.3, 0.4) is 0 Å². The Kier molecular flexibility index (Phi) is 11.0. The number of nitrogens with zero attached hydrogens (tertiary/aromatic N) is 6. The van der Waals surface area contributed by atoms with Crippen LogP contribution in [0.15, 0.2) is 24.7 Å². The quantitative estimate of drug-likeness (QED) is 0.624. The van der Waals surface area contributed by atoms with Gasteiger partial charge in [0.25, 0.3) is 0 Å². The zero-order valence-corrected chi connectivity index (χ0v) is 18.1. The maximum absolute atomic E-state index is 14.5. The van der Waals surface area contributed by atoms with E-state index in [0.717, 1.165) is 13.5 Å². The summed E-state index contributed by atoms with van der Waals surface area (Å²) in [7, 11) is 1.00. The van der Waals surface area contributed by atoms with E-state index < -0.39 is 5.82 Å². The number of anilines is 1. The van der Waals surface area contributed by atoms with Gasteiger partial charge in [-0.1, -0.05) is 38.8 Å². The number of nitrogens with two attached hydrogens (primary N) is 1. The molecule has 3 N–H and O–H groups in total. The third kappa shape index (κ3) is 6.31. The molecule has 3 heterocycles.